The largest absolute Gasteiger partial charge is 0.316 e. The molecule has 0 spiro atoms. The highest BCUT2D eigenvalue weighted by molar-refractivity contribution is 6.31. The molecule has 0 radical (unpaired) electrons. The van der Waals surface area contributed by atoms with Crippen molar-refractivity contribution in [3.63, 3.8) is 0 Å². The van der Waals surface area contributed by atoms with Gasteiger partial charge in [-0.15, -0.1) is 0 Å². The molecule has 1 N–H and O–H groups in total. The van der Waals surface area contributed by atoms with Crippen molar-refractivity contribution in [3.8, 4) is 0 Å². The summed E-state index contributed by atoms with van der Waals surface area (Å²) in [4.78, 5) is 0. The molecule has 0 aliphatic heterocycles. The number of nitrogens with one attached hydrogen (secondary N) is 1. The number of aryl methyl sites for hydroxylation is 1. The molecule has 0 bridgehead atoms. The summed E-state index contributed by atoms with van der Waals surface area (Å²) in [7, 11) is 0. The molecule has 1 aromatic rings. The highest BCUT2D eigenvalue weighted by Gasteiger charge is 1.97. The lowest BCUT2D eigenvalue weighted by molar-refractivity contribution is 0.640. The van der Waals surface area contributed by atoms with Crippen LogP contribution < -0.4 is 5.32 Å². The van der Waals surface area contributed by atoms with E-state index in [9.17, 15) is 0 Å². The minimum atomic E-state index is 0.859. The smallest absolute Gasteiger partial charge is 0.0435 e. The van der Waals surface area contributed by atoms with Crippen molar-refractivity contribution in [2.45, 2.75) is 33.1 Å². The van der Waals surface area contributed by atoms with Gasteiger partial charge in [-0.3, -0.25) is 0 Å². The average Bonchev–Trinajstić information content (AvgIpc) is 2.23. The molecule has 0 heterocycles. The molecule has 0 unspecified atom stereocenters. The van der Waals surface area contributed by atoms with Crippen LogP contribution in [0.15, 0.2) is 18.2 Å². The Balaban J connectivity index is 2.28. The molecule has 15 heavy (non-hydrogen) atoms. The maximum absolute atomic E-state index is 5.97. The van der Waals surface area contributed by atoms with Gasteiger partial charge in [-0.05, 0) is 50.0 Å². The molecule has 84 valence electrons. The number of rotatable bonds is 6. The third-order valence-electron chi connectivity index (χ3n) is 2.52. The number of benzene rings is 1. The lowest BCUT2D eigenvalue weighted by atomic mass is 10.1. The number of hydrogen-bond acceptors (Lipinski definition) is 1. The van der Waals surface area contributed by atoms with Gasteiger partial charge >= 0.3 is 0 Å². The van der Waals surface area contributed by atoms with Crippen molar-refractivity contribution in [1.82, 2.24) is 5.32 Å². The number of hydrogen-bond donors (Lipinski definition) is 1. The standard InChI is InChI=1S/C13H20ClN/c1-3-4-8-15-9-7-12-5-6-13(14)11(2)10-12/h5-6,10,15H,3-4,7-9H2,1-2H3. The molecule has 0 aliphatic carbocycles. The van der Waals surface area contributed by atoms with Crippen LogP contribution in [0.25, 0.3) is 0 Å². The zero-order valence-electron chi connectivity index (χ0n) is 9.65. The third kappa shape index (κ3) is 4.67. The second-order valence-electron chi connectivity index (χ2n) is 3.94. The maximum Gasteiger partial charge on any atom is 0.0435 e. The highest BCUT2D eigenvalue weighted by Crippen LogP contribution is 2.16. The lowest BCUT2D eigenvalue weighted by Crippen LogP contribution is -2.18. The van der Waals surface area contributed by atoms with Crippen molar-refractivity contribution in [1.29, 1.82) is 0 Å². The summed E-state index contributed by atoms with van der Waals surface area (Å²) in [6.45, 7) is 6.45. The predicted octanol–water partition coefficient (Wildman–Crippen LogP) is 3.58. The Hall–Kier alpha value is -0.530. The maximum atomic E-state index is 5.97. The first-order chi connectivity index (χ1) is 7.24. The lowest BCUT2D eigenvalue weighted by Gasteiger charge is -2.05. The first-order valence-electron chi connectivity index (χ1n) is 5.69. The van der Waals surface area contributed by atoms with Crippen LogP contribution >= 0.6 is 11.6 Å². The van der Waals surface area contributed by atoms with Crippen LogP contribution in [0.3, 0.4) is 0 Å². The molecule has 0 aliphatic rings. The van der Waals surface area contributed by atoms with Crippen LogP contribution in [-0.2, 0) is 6.42 Å². The normalized spacial score (nSPS) is 10.6. The van der Waals surface area contributed by atoms with E-state index in [4.69, 9.17) is 11.6 Å². The van der Waals surface area contributed by atoms with Gasteiger partial charge in [-0.2, -0.15) is 0 Å². The van der Waals surface area contributed by atoms with Crippen LogP contribution in [0.2, 0.25) is 5.02 Å². The van der Waals surface area contributed by atoms with Gasteiger partial charge in [0, 0.05) is 5.02 Å². The van der Waals surface area contributed by atoms with Gasteiger partial charge < -0.3 is 5.32 Å². The average molecular weight is 226 g/mol. The molecule has 1 aromatic carbocycles. The summed E-state index contributed by atoms with van der Waals surface area (Å²) in [5.74, 6) is 0. The summed E-state index contributed by atoms with van der Waals surface area (Å²) >= 11 is 5.97. The molecule has 2 heteroatoms. The summed E-state index contributed by atoms with van der Waals surface area (Å²) in [6.07, 6.45) is 3.61. The molecule has 0 atom stereocenters. The first kappa shape index (κ1) is 12.5. The van der Waals surface area contributed by atoms with Crippen molar-refractivity contribution in [2.75, 3.05) is 13.1 Å². The third-order valence-corrected chi connectivity index (χ3v) is 2.94. The fraction of sp³-hybridized carbons (Fsp3) is 0.538. The summed E-state index contributed by atoms with van der Waals surface area (Å²) in [6, 6.07) is 6.26. The summed E-state index contributed by atoms with van der Waals surface area (Å²) < 4.78 is 0. The van der Waals surface area contributed by atoms with Crippen LogP contribution in [0.5, 0.6) is 0 Å². The van der Waals surface area contributed by atoms with Crippen LogP contribution in [0.4, 0.5) is 0 Å². The molecule has 0 amide bonds. The predicted molar refractivity (Wildman–Crippen MR) is 67.7 cm³/mol. The van der Waals surface area contributed by atoms with E-state index >= 15 is 0 Å². The van der Waals surface area contributed by atoms with E-state index in [-0.39, 0.29) is 0 Å². The van der Waals surface area contributed by atoms with E-state index in [2.05, 4.69) is 31.3 Å². The molecule has 0 fully saturated rings. The Morgan fingerprint density at radius 2 is 2.07 bits per heavy atom. The van der Waals surface area contributed by atoms with Crippen molar-refractivity contribution < 1.29 is 0 Å². The van der Waals surface area contributed by atoms with Gasteiger partial charge in [0.1, 0.15) is 0 Å². The van der Waals surface area contributed by atoms with Crippen molar-refractivity contribution in [3.05, 3.63) is 34.3 Å². The van der Waals surface area contributed by atoms with Crippen LogP contribution in [0.1, 0.15) is 30.9 Å². The Bertz CT molecular complexity index is 297. The summed E-state index contributed by atoms with van der Waals surface area (Å²) in [5.41, 5.74) is 2.53. The van der Waals surface area contributed by atoms with Gasteiger partial charge in [0.2, 0.25) is 0 Å². The second-order valence-corrected chi connectivity index (χ2v) is 4.34. The van der Waals surface area contributed by atoms with Crippen LogP contribution in [0, 0.1) is 6.92 Å². The quantitative estimate of drug-likeness (QED) is 0.730. The number of unbranched alkanes of at least 4 members (excludes halogenated alkanes) is 1. The second kappa shape index (κ2) is 6.86. The molecule has 0 saturated heterocycles. The Labute approximate surface area is 97.8 Å². The molecular formula is C13H20ClN. The van der Waals surface area contributed by atoms with Gasteiger partial charge in [-0.1, -0.05) is 37.1 Å². The van der Waals surface area contributed by atoms with Gasteiger partial charge in [0.05, 0.1) is 0 Å². The topological polar surface area (TPSA) is 12.0 Å². The van der Waals surface area contributed by atoms with E-state index < -0.39 is 0 Å². The minimum absolute atomic E-state index is 0.859. The van der Waals surface area contributed by atoms with Crippen molar-refractivity contribution >= 4 is 11.6 Å². The first-order valence-corrected chi connectivity index (χ1v) is 6.07. The fourth-order valence-corrected chi connectivity index (χ4v) is 1.64. The SMILES string of the molecule is CCCCNCCc1ccc(Cl)c(C)c1. The van der Waals surface area contributed by atoms with Gasteiger partial charge in [0.25, 0.3) is 0 Å². The number of halogens is 1. The van der Waals surface area contributed by atoms with E-state index in [1.807, 2.05) is 6.07 Å². The molecular weight excluding hydrogens is 206 g/mol. The zero-order chi connectivity index (χ0) is 11.1. The molecule has 1 rings (SSSR count). The molecule has 0 saturated carbocycles. The Morgan fingerprint density at radius 3 is 2.73 bits per heavy atom. The molecule has 1 nitrogen and oxygen atoms in total. The Kier molecular flexibility index (Phi) is 5.74. The van der Waals surface area contributed by atoms with E-state index in [0.717, 1.165) is 24.5 Å². The van der Waals surface area contributed by atoms with Crippen molar-refractivity contribution in [2.24, 2.45) is 0 Å². The van der Waals surface area contributed by atoms with Gasteiger partial charge in [0.15, 0.2) is 0 Å². The minimum Gasteiger partial charge on any atom is -0.316 e. The Morgan fingerprint density at radius 1 is 1.27 bits per heavy atom. The van der Waals surface area contributed by atoms with Crippen LogP contribution in [-0.4, -0.2) is 13.1 Å². The van der Waals surface area contributed by atoms with E-state index in [1.54, 1.807) is 0 Å². The zero-order valence-corrected chi connectivity index (χ0v) is 10.4. The monoisotopic (exact) mass is 225 g/mol. The fourth-order valence-electron chi connectivity index (χ4n) is 1.52. The van der Waals surface area contributed by atoms with E-state index in [1.165, 1.54) is 24.0 Å². The van der Waals surface area contributed by atoms with E-state index in [0.29, 0.717) is 0 Å². The molecule has 0 aromatic heterocycles. The van der Waals surface area contributed by atoms with Gasteiger partial charge in [-0.25, -0.2) is 0 Å². The summed E-state index contributed by atoms with van der Waals surface area (Å²) in [5, 5.41) is 4.29. The highest BCUT2D eigenvalue weighted by atomic mass is 35.5.